The number of nitrogens with zero attached hydrogens (tertiary/aromatic N) is 1. The first-order valence-corrected chi connectivity index (χ1v) is 8.30. The van der Waals surface area contributed by atoms with Crippen molar-refractivity contribution >= 4 is 35.0 Å². The highest BCUT2D eigenvalue weighted by atomic mass is 32.2. The van der Waals surface area contributed by atoms with Gasteiger partial charge in [0.05, 0.1) is 5.01 Å². The van der Waals surface area contributed by atoms with Gasteiger partial charge in [0.1, 0.15) is 0 Å². The van der Waals surface area contributed by atoms with E-state index in [9.17, 15) is 9.59 Å². The van der Waals surface area contributed by atoms with Crippen LogP contribution in [-0.4, -0.2) is 34.8 Å². The molecule has 1 amide bonds. The van der Waals surface area contributed by atoms with Crippen molar-refractivity contribution in [2.75, 3.05) is 12.8 Å². The van der Waals surface area contributed by atoms with Crippen LogP contribution in [-0.2, 0) is 6.42 Å². The second kappa shape index (κ2) is 7.24. The highest BCUT2D eigenvalue weighted by Gasteiger charge is 2.09. The van der Waals surface area contributed by atoms with Gasteiger partial charge in [0.25, 0.3) is 5.91 Å². The van der Waals surface area contributed by atoms with Crippen LogP contribution >= 0.6 is 23.1 Å². The SMILES string of the molecule is CSc1ccc(C(=O)NCCc2nc(C(=O)O)cs2)cc1. The van der Waals surface area contributed by atoms with Crippen molar-refractivity contribution in [1.82, 2.24) is 10.3 Å². The Labute approximate surface area is 130 Å². The second-order valence-electron chi connectivity index (χ2n) is 4.17. The molecule has 1 heterocycles. The van der Waals surface area contributed by atoms with Crippen LogP contribution in [0.1, 0.15) is 25.9 Å². The zero-order valence-corrected chi connectivity index (χ0v) is 13.0. The van der Waals surface area contributed by atoms with Gasteiger partial charge in [-0.05, 0) is 30.5 Å². The molecule has 0 atom stereocenters. The van der Waals surface area contributed by atoms with Crippen molar-refractivity contribution in [1.29, 1.82) is 0 Å². The lowest BCUT2D eigenvalue weighted by molar-refractivity contribution is 0.0690. The zero-order valence-electron chi connectivity index (χ0n) is 11.3. The molecule has 0 radical (unpaired) electrons. The van der Waals surface area contributed by atoms with Crippen molar-refractivity contribution in [3.63, 3.8) is 0 Å². The van der Waals surface area contributed by atoms with Crippen LogP contribution in [0.4, 0.5) is 0 Å². The molecule has 1 aromatic carbocycles. The molecule has 5 nitrogen and oxygen atoms in total. The number of nitrogens with one attached hydrogen (secondary N) is 1. The number of thiazole rings is 1. The fraction of sp³-hybridized carbons (Fsp3) is 0.214. The third-order valence-electron chi connectivity index (χ3n) is 2.75. The summed E-state index contributed by atoms with van der Waals surface area (Å²) in [5, 5.41) is 13.8. The Bertz CT molecular complexity index is 638. The predicted molar refractivity (Wildman–Crippen MR) is 83.3 cm³/mol. The van der Waals surface area contributed by atoms with Crippen LogP contribution in [0.15, 0.2) is 34.5 Å². The van der Waals surface area contributed by atoms with E-state index in [1.807, 2.05) is 18.4 Å². The molecule has 0 aliphatic rings. The van der Waals surface area contributed by atoms with Gasteiger partial charge in [0.15, 0.2) is 5.69 Å². The van der Waals surface area contributed by atoms with E-state index in [4.69, 9.17) is 5.11 Å². The second-order valence-corrected chi connectivity index (χ2v) is 5.99. The number of benzene rings is 1. The van der Waals surface area contributed by atoms with Crippen LogP contribution in [0.2, 0.25) is 0 Å². The molecule has 0 saturated carbocycles. The van der Waals surface area contributed by atoms with Crippen molar-refractivity contribution in [3.8, 4) is 0 Å². The summed E-state index contributed by atoms with van der Waals surface area (Å²) in [6, 6.07) is 7.37. The number of thioether (sulfide) groups is 1. The van der Waals surface area contributed by atoms with Gasteiger partial charge in [-0.25, -0.2) is 9.78 Å². The van der Waals surface area contributed by atoms with E-state index in [-0.39, 0.29) is 11.6 Å². The predicted octanol–water partition coefficient (Wildman–Crippen LogP) is 2.54. The largest absolute Gasteiger partial charge is 0.476 e. The number of carboxylic acid groups (broad SMARTS) is 1. The number of hydrogen-bond acceptors (Lipinski definition) is 5. The molecule has 0 fully saturated rings. The quantitative estimate of drug-likeness (QED) is 0.799. The molecular weight excluding hydrogens is 308 g/mol. The molecular formula is C14H14N2O3S2. The molecule has 1 aromatic heterocycles. The maximum atomic E-state index is 11.9. The molecule has 0 spiro atoms. The molecule has 2 N–H and O–H groups in total. The van der Waals surface area contributed by atoms with E-state index in [0.717, 1.165) is 4.90 Å². The molecule has 0 aliphatic carbocycles. The summed E-state index contributed by atoms with van der Waals surface area (Å²) >= 11 is 2.91. The number of carbonyl (C=O) groups is 2. The minimum absolute atomic E-state index is 0.0500. The Morgan fingerprint density at radius 1 is 1.33 bits per heavy atom. The third kappa shape index (κ3) is 4.30. The number of rotatable bonds is 6. The van der Waals surface area contributed by atoms with Crippen LogP contribution in [0.5, 0.6) is 0 Å². The van der Waals surface area contributed by atoms with E-state index in [0.29, 0.717) is 23.5 Å². The van der Waals surface area contributed by atoms with Crippen molar-refractivity contribution < 1.29 is 14.7 Å². The zero-order chi connectivity index (χ0) is 15.2. The monoisotopic (exact) mass is 322 g/mol. The molecule has 110 valence electrons. The summed E-state index contributed by atoms with van der Waals surface area (Å²) in [4.78, 5) is 27.7. The first-order valence-electron chi connectivity index (χ1n) is 6.20. The fourth-order valence-corrected chi connectivity index (χ4v) is 2.83. The normalized spacial score (nSPS) is 10.3. The lowest BCUT2D eigenvalue weighted by Gasteiger charge is -2.04. The summed E-state index contributed by atoms with van der Waals surface area (Å²) in [6.07, 6.45) is 2.50. The fourth-order valence-electron chi connectivity index (χ4n) is 1.65. The number of hydrogen-bond donors (Lipinski definition) is 2. The summed E-state index contributed by atoms with van der Waals surface area (Å²) < 4.78 is 0. The minimum atomic E-state index is -1.03. The van der Waals surface area contributed by atoms with Crippen LogP contribution in [0, 0.1) is 0 Å². The van der Waals surface area contributed by atoms with Crippen LogP contribution in [0.3, 0.4) is 0 Å². The van der Waals surface area contributed by atoms with Crippen molar-refractivity contribution in [3.05, 3.63) is 45.9 Å². The average Bonchev–Trinajstić information content (AvgIpc) is 2.96. The Morgan fingerprint density at radius 2 is 2.05 bits per heavy atom. The summed E-state index contributed by atoms with van der Waals surface area (Å²) in [5.74, 6) is -1.17. The van der Waals surface area contributed by atoms with Crippen LogP contribution in [0.25, 0.3) is 0 Å². The van der Waals surface area contributed by atoms with Gasteiger partial charge in [-0.1, -0.05) is 0 Å². The number of carboxylic acids is 1. The first-order chi connectivity index (χ1) is 10.1. The minimum Gasteiger partial charge on any atom is -0.476 e. The van der Waals surface area contributed by atoms with Crippen molar-refractivity contribution in [2.45, 2.75) is 11.3 Å². The Hall–Kier alpha value is -1.86. The molecule has 0 saturated heterocycles. The van der Waals surface area contributed by atoms with Gasteiger partial charge in [0, 0.05) is 28.8 Å². The number of aromatic nitrogens is 1. The first kappa shape index (κ1) is 15.5. The average molecular weight is 322 g/mol. The van der Waals surface area contributed by atoms with E-state index in [1.165, 1.54) is 16.7 Å². The lowest BCUT2D eigenvalue weighted by Crippen LogP contribution is -2.25. The molecule has 0 unspecified atom stereocenters. The lowest BCUT2D eigenvalue weighted by atomic mass is 10.2. The summed E-state index contributed by atoms with van der Waals surface area (Å²) in [5.41, 5.74) is 0.659. The Kier molecular flexibility index (Phi) is 5.35. The number of amides is 1. The van der Waals surface area contributed by atoms with Gasteiger partial charge in [-0.15, -0.1) is 23.1 Å². The Morgan fingerprint density at radius 3 is 2.62 bits per heavy atom. The van der Waals surface area contributed by atoms with Gasteiger partial charge in [0.2, 0.25) is 0 Å². The summed E-state index contributed by atoms with van der Waals surface area (Å²) in [7, 11) is 0. The third-order valence-corrected chi connectivity index (χ3v) is 4.40. The van der Waals surface area contributed by atoms with Gasteiger partial charge < -0.3 is 10.4 Å². The topological polar surface area (TPSA) is 79.3 Å². The summed E-state index contributed by atoms with van der Waals surface area (Å²) in [6.45, 7) is 0.426. The van der Waals surface area contributed by atoms with E-state index < -0.39 is 5.97 Å². The Balaban J connectivity index is 1.84. The molecule has 0 aliphatic heterocycles. The maximum Gasteiger partial charge on any atom is 0.355 e. The van der Waals surface area contributed by atoms with Crippen LogP contribution < -0.4 is 5.32 Å². The highest BCUT2D eigenvalue weighted by Crippen LogP contribution is 2.15. The standard InChI is InChI=1S/C14H14N2O3S2/c1-20-10-4-2-9(3-5-10)13(17)15-7-6-12-16-11(8-21-12)14(18)19/h2-5,8H,6-7H2,1H3,(H,15,17)(H,18,19). The van der Waals surface area contributed by atoms with Gasteiger partial charge in [-0.2, -0.15) is 0 Å². The molecule has 0 bridgehead atoms. The molecule has 7 heteroatoms. The molecule has 2 aromatic rings. The van der Waals surface area contributed by atoms with E-state index >= 15 is 0 Å². The van der Waals surface area contributed by atoms with E-state index in [1.54, 1.807) is 23.9 Å². The number of carbonyl (C=O) groups excluding carboxylic acids is 1. The number of aromatic carboxylic acids is 1. The molecule has 21 heavy (non-hydrogen) atoms. The maximum absolute atomic E-state index is 11.9. The van der Waals surface area contributed by atoms with E-state index in [2.05, 4.69) is 10.3 Å². The van der Waals surface area contributed by atoms with Gasteiger partial charge >= 0.3 is 5.97 Å². The van der Waals surface area contributed by atoms with Gasteiger partial charge in [-0.3, -0.25) is 4.79 Å². The smallest absolute Gasteiger partial charge is 0.355 e. The molecule has 2 rings (SSSR count). The highest BCUT2D eigenvalue weighted by molar-refractivity contribution is 7.98. The van der Waals surface area contributed by atoms with Crippen molar-refractivity contribution in [2.24, 2.45) is 0 Å².